The van der Waals surface area contributed by atoms with Crippen molar-refractivity contribution < 1.29 is 4.79 Å². The van der Waals surface area contributed by atoms with Gasteiger partial charge in [-0.1, -0.05) is 48.5 Å². The maximum Gasteiger partial charge on any atom is 0.251 e. The normalized spacial score (nSPS) is 16.7. The van der Waals surface area contributed by atoms with E-state index in [0.29, 0.717) is 6.54 Å². The highest BCUT2D eigenvalue weighted by Crippen LogP contribution is 2.32. The molecule has 3 heteroatoms. The maximum absolute atomic E-state index is 12.6. The minimum Gasteiger partial charge on any atom is -0.351 e. The van der Waals surface area contributed by atoms with Crippen molar-refractivity contribution in [3.63, 3.8) is 0 Å². The fourth-order valence-electron chi connectivity index (χ4n) is 3.44. The molecule has 0 saturated carbocycles. The van der Waals surface area contributed by atoms with Gasteiger partial charge < -0.3 is 10.6 Å². The lowest BCUT2D eigenvalue weighted by atomic mass is 9.73. The number of piperidine rings is 1. The molecule has 1 saturated heterocycles. The first-order valence-corrected chi connectivity index (χ1v) is 8.31. The molecule has 1 aliphatic rings. The summed E-state index contributed by atoms with van der Waals surface area (Å²) in [4.78, 5) is 12.6. The largest absolute Gasteiger partial charge is 0.351 e. The first-order chi connectivity index (χ1) is 11.2. The zero-order chi connectivity index (χ0) is 16.1. The zero-order valence-corrected chi connectivity index (χ0v) is 13.6. The second kappa shape index (κ2) is 6.97. The minimum atomic E-state index is 0.0249. The molecule has 1 fully saturated rings. The Bertz CT molecular complexity index is 660. The summed E-state index contributed by atoms with van der Waals surface area (Å²) in [6.45, 7) is 4.66. The van der Waals surface area contributed by atoms with E-state index in [-0.39, 0.29) is 11.3 Å². The summed E-state index contributed by atoms with van der Waals surface area (Å²) >= 11 is 0. The molecule has 3 nitrogen and oxygen atoms in total. The van der Waals surface area contributed by atoms with Gasteiger partial charge in [0.2, 0.25) is 0 Å². The molecule has 2 aromatic rings. The monoisotopic (exact) mass is 308 g/mol. The van der Waals surface area contributed by atoms with Crippen LogP contribution in [0.15, 0.2) is 54.6 Å². The van der Waals surface area contributed by atoms with Gasteiger partial charge in [-0.15, -0.1) is 0 Å². The molecule has 1 aliphatic heterocycles. The summed E-state index contributed by atoms with van der Waals surface area (Å²) in [7, 11) is 0. The van der Waals surface area contributed by atoms with Gasteiger partial charge in [-0.25, -0.2) is 0 Å². The third-order valence-electron chi connectivity index (χ3n) is 4.92. The van der Waals surface area contributed by atoms with E-state index < -0.39 is 0 Å². The van der Waals surface area contributed by atoms with Gasteiger partial charge in [0.05, 0.1) is 0 Å². The summed E-state index contributed by atoms with van der Waals surface area (Å²) in [6, 6.07) is 18.3. The van der Waals surface area contributed by atoms with Crippen LogP contribution < -0.4 is 10.6 Å². The van der Waals surface area contributed by atoms with Gasteiger partial charge in [-0.2, -0.15) is 0 Å². The lowest BCUT2D eigenvalue weighted by Gasteiger charge is -2.38. The third kappa shape index (κ3) is 3.45. The molecule has 1 amide bonds. The number of hydrogen-bond acceptors (Lipinski definition) is 2. The summed E-state index contributed by atoms with van der Waals surface area (Å²) in [5, 5.41) is 6.61. The Kier molecular flexibility index (Phi) is 4.77. The van der Waals surface area contributed by atoms with E-state index in [1.807, 2.05) is 37.3 Å². The highest BCUT2D eigenvalue weighted by atomic mass is 16.1. The number of amides is 1. The van der Waals surface area contributed by atoms with Crippen molar-refractivity contribution in [2.24, 2.45) is 0 Å². The van der Waals surface area contributed by atoms with Gasteiger partial charge in [-0.05, 0) is 50.0 Å². The number of benzene rings is 2. The number of nitrogens with one attached hydrogen (secondary N) is 2. The van der Waals surface area contributed by atoms with Crippen LogP contribution in [0, 0.1) is 6.92 Å². The zero-order valence-electron chi connectivity index (χ0n) is 13.6. The number of carbonyl (C=O) groups excluding carboxylic acids is 1. The average molecular weight is 308 g/mol. The summed E-state index contributed by atoms with van der Waals surface area (Å²) in [5.41, 5.74) is 3.14. The quantitative estimate of drug-likeness (QED) is 0.911. The Morgan fingerprint density at radius 2 is 1.70 bits per heavy atom. The van der Waals surface area contributed by atoms with Crippen molar-refractivity contribution in [2.45, 2.75) is 25.2 Å². The van der Waals surface area contributed by atoms with Crippen LogP contribution in [0.1, 0.15) is 34.3 Å². The molecule has 0 unspecified atom stereocenters. The predicted molar refractivity (Wildman–Crippen MR) is 93.7 cm³/mol. The molecule has 0 aliphatic carbocycles. The lowest BCUT2D eigenvalue weighted by molar-refractivity contribution is 0.0937. The average Bonchev–Trinajstić information content (AvgIpc) is 2.62. The summed E-state index contributed by atoms with van der Waals surface area (Å²) in [6.07, 6.45) is 2.09. The molecule has 0 atom stereocenters. The topological polar surface area (TPSA) is 41.1 Å². The van der Waals surface area contributed by atoms with Crippen LogP contribution in [0.4, 0.5) is 0 Å². The lowest BCUT2D eigenvalue weighted by Crippen LogP contribution is -2.47. The first-order valence-electron chi connectivity index (χ1n) is 8.31. The minimum absolute atomic E-state index is 0.0249. The Labute approximate surface area is 138 Å². The van der Waals surface area contributed by atoms with Gasteiger partial charge in [0, 0.05) is 17.5 Å². The van der Waals surface area contributed by atoms with E-state index in [2.05, 4.69) is 34.9 Å². The predicted octanol–water partition coefficient (Wildman–Crippen LogP) is 3.05. The molecule has 3 rings (SSSR count). The molecule has 120 valence electrons. The summed E-state index contributed by atoms with van der Waals surface area (Å²) < 4.78 is 0. The van der Waals surface area contributed by atoms with Gasteiger partial charge >= 0.3 is 0 Å². The maximum atomic E-state index is 12.6. The Morgan fingerprint density at radius 3 is 2.39 bits per heavy atom. The highest BCUT2D eigenvalue weighted by molar-refractivity contribution is 5.95. The Morgan fingerprint density at radius 1 is 1.04 bits per heavy atom. The van der Waals surface area contributed by atoms with E-state index in [4.69, 9.17) is 0 Å². The summed E-state index contributed by atoms with van der Waals surface area (Å²) in [5.74, 6) is 0.0249. The van der Waals surface area contributed by atoms with Gasteiger partial charge in [0.15, 0.2) is 0 Å². The number of hydrogen-bond donors (Lipinski definition) is 2. The van der Waals surface area contributed by atoms with Crippen molar-refractivity contribution in [3.8, 4) is 0 Å². The molecular formula is C20H24N2O. The van der Waals surface area contributed by atoms with Crippen LogP contribution in [-0.4, -0.2) is 25.5 Å². The fourth-order valence-corrected chi connectivity index (χ4v) is 3.44. The van der Waals surface area contributed by atoms with E-state index in [0.717, 1.165) is 37.1 Å². The van der Waals surface area contributed by atoms with Crippen LogP contribution in [0.25, 0.3) is 0 Å². The van der Waals surface area contributed by atoms with E-state index in [1.165, 1.54) is 5.56 Å². The molecule has 0 radical (unpaired) electrons. The Hall–Kier alpha value is -2.13. The fraction of sp³-hybridized carbons (Fsp3) is 0.350. The van der Waals surface area contributed by atoms with Crippen molar-refractivity contribution in [2.75, 3.05) is 19.6 Å². The number of carbonyl (C=O) groups is 1. The van der Waals surface area contributed by atoms with Gasteiger partial charge in [-0.3, -0.25) is 4.79 Å². The van der Waals surface area contributed by atoms with Crippen LogP contribution in [0.3, 0.4) is 0 Å². The molecule has 0 spiro atoms. The van der Waals surface area contributed by atoms with Crippen LogP contribution in [0.2, 0.25) is 0 Å². The van der Waals surface area contributed by atoms with Crippen molar-refractivity contribution in [3.05, 3.63) is 71.3 Å². The molecule has 1 heterocycles. The molecular weight excluding hydrogens is 284 g/mol. The highest BCUT2D eigenvalue weighted by Gasteiger charge is 2.34. The van der Waals surface area contributed by atoms with Crippen LogP contribution >= 0.6 is 0 Å². The van der Waals surface area contributed by atoms with E-state index in [1.54, 1.807) is 0 Å². The smallest absolute Gasteiger partial charge is 0.251 e. The second-order valence-corrected chi connectivity index (χ2v) is 6.39. The SMILES string of the molecule is Cc1ccccc1C(=O)NCC1(c2ccccc2)CCNCC1. The molecule has 23 heavy (non-hydrogen) atoms. The van der Waals surface area contributed by atoms with E-state index >= 15 is 0 Å². The van der Waals surface area contributed by atoms with Crippen LogP contribution in [-0.2, 0) is 5.41 Å². The Balaban J connectivity index is 1.78. The van der Waals surface area contributed by atoms with Crippen molar-refractivity contribution in [1.82, 2.24) is 10.6 Å². The number of rotatable bonds is 4. The standard InChI is InChI=1S/C20H24N2O/c1-16-7-5-6-10-18(16)19(23)22-15-20(11-13-21-14-12-20)17-8-3-2-4-9-17/h2-10,21H,11-15H2,1H3,(H,22,23). The molecule has 2 N–H and O–H groups in total. The third-order valence-corrected chi connectivity index (χ3v) is 4.92. The second-order valence-electron chi connectivity index (χ2n) is 6.39. The van der Waals surface area contributed by atoms with Crippen LogP contribution in [0.5, 0.6) is 0 Å². The molecule has 2 aromatic carbocycles. The number of aryl methyl sites for hydroxylation is 1. The first kappa shape index (κ1) is 15.8. The molecule has 0 aromatic heterocycles. The van der Waals surface area contributed by atoms with Gasteiger partial charge in [0.1, 0.15) is 0 Å². The van der Waals surface area contributed by atoms with Crippen molar-refractivity contribution in [1.29, 1.82) is 0 Å². The molecule has 0 bridgehead atoms. The van der Waals surface area contributed by atoms with Crippen molar-refractivity contribution >= 4 is 5.91 Å². The van der Waals surface area contributed by atoms with E-state index in [9.17, 15) is 4.79 Å². The van der Waals surface area contributed by atoms with Gasteiger partial charge in [0.25, 0.3) is 5.91 Å².